The molecule has 4 aliphatic rings. The summed E-state index contributed by atoms with van der Waals surface area (Å²) in [6, 6.07) is 7.23. The number of hydrogen-bond acceptors (Lipinski definition) is 12. The molecule has 8 rings (SSSR count). The van der Waals surface area contributed by atoms with Gasteiger partial charge in [0.05, 0.1) is 53.9 Å². The molecule has 3 aromatic heterocycles. The maximum absolute atomic E-state index is 14.6. The number of methoxy groups -OCH3 is 1. The number of cyclic esters (lactones) is 1. The number of pyridine rings is 1. The molecule has 2 N–H and O–H groups in total. The lowest BCUT2D eigenvalue weighted by atomic mass is 9.84. The maximum atomic E-state index is 14.6. The molecule has 360 valence electrons. The van der Waals surface area contributed by atoms with Crippen LogP contribution in [0.1, 0.15) is 76.8 Å². The highest BCUT2D eigenvalue weighted by Gasteiger charge is 2.43. The topological polar surface area (TPSA) is 181 Å². The second kappa shape index (κ2) is 20.0. The van der Waals surface area contributed by atoms with E-state index < -0.39 is 41.3 Å². The lowest BCUT2D eigenvalue weighted by Crippen LogP contribution is -2.64. The number of urea groups is 1. The second-order valence-electron chi connectivity index (χ2n) is 19.4. The summed E-state index contributed by atoms with van der Waals surface area (Å²) in [5, 5.41) is 8.09. The first-order valence-corrected chi connectivity index (χ1v) is 24.5. The first-order valence-electron chi connectivity index (χ1n) is 23.6. The third kappa shape index (κ3) is 9.94. The molecule has 5 amide bonds. The normalized spacial score (nSPS) is 21.4. The number of rotatable bonds is 9. The zero-order valence-corrected chi connectivity index (χ0v) is 40.8. The highest BCUT2D eigenvalue weighted by molar-refractivity contribution is 7.10. The Labute approximate surface area is 396 Å². The number of esters is 1. The van der Waals surface area contributed by atoms with Crippen LogP contribution in [0, 0.1) is 17.3 Å². The van der Waals surface area contributed by atoms with Crippen molar-refractivity contribution in [1.82, 2.24) is 45.0 Å². The quantitative estimate of drug-likeness (QED) is 0.214. The molecule has 4 atom stereocenters. The van der Waals surface area contributed by atoms with Gasteiger partial charge in [0.25, 0.3) is 5.91 Å². The minimum Gasteiger partial charge on any atom is -0.464 e. The van der Waals surface area contributed by atoms with E-state index in [9.17, 15) is 24.0 Å². The summed E-state index contributed by atoms with van der Waals surface area (Å²) >= 11 is 1.41. The number of morpholine rings is 1. The van der Waals surface area contributed by atoms with Gasteiger partial charge in [-0.3, -0.25) is 29.2 Å². The van der Waals surface area contributed by atoms with E-state index in [1.165, 1.54) is 21.2 Å². The Kier molecular flexibility index (Phi) is 14.4. The highest BCUT2D eigenvalue weighted by atomic mass is 32.1. The van der Waals surface area contributed by atoms with Crippen LogP contribution in [0.5, 0.6) is 0 Å². The Morgan fingerprint density at radius 1 is 1.07 bits per heavy atom. The average Bonchev–Trinajstić information content (AvgIpc) is 3.90. The molecule has 18 heteroatoms. The largest absolute Gasteiger partial charge is 0.464 e. The molecule has 67 heavy (non-hydrogen) atoms. The average molecular weight is 940 g/mol. The van der Waals surface area contributed by atoms with E-state index in [1.807, 2.05) is 32.2 Å². The summed E-state index contributed by atoms with van der Waals surface area (Å²) in [5.74, 6) is -2.00. The number of aromatic nitrogens is 3. The molecule has 0 spiro atoms. The molecule has 6 bridgehead atoms. The molecule has 3 fully saturated rings. The van der Waals surface area contributed by atoms with Crippen molar-refractivity contribution in [3.63, 3.8) is 0 Å². The van der Waals surface area contributed by atoms with Crippen LogP contribution in [0.3, 0.4) is 0 Å². The number of hydrazine groups is 1. The Morgan fingerprint density at radius 2 is 1.84 bits per heavy atom. The molecular weight excluding hydrogens is 875 g/mol. The monoisotopic (exact) mass is 939 g/mol. The summed E-state index contributed by atoms with van der Waals surface area (Å²) in [4.78, 5) is 84.6. The summed E-state index contributed by atoms with van der Waals surface area (Å²) in [7, 11) is 3.27. The number of likely N-dealkylation sites (tertiary alicyclic amines) is 1. The summed E-state index contributed by atoms with van der Waals surface area (Å²) < 4.78 is 19.6. The number of fused-ring (bicyclic) bond motifs is 6. The van der Waals surface area contributed by atoms with Gasteiger partial charge < -0.3 is 38.8 Å². The molecule has 4 aliphatic heterocycles. The summed E-state index contributed by atoms with van der Waals surface area (Å²) in [6.07, 6.45) is 3.18. The number of hydrogen-bond donors (Lipinski definition) is 2. The van der Waals surface area contributed by atoms with Crippen molar-refractivity contribution in [2.75, 3.05) is 66.7 Å². The number of amides is 5. The number of carbonyl (C=O) groups excluding carboxylic acids is 5. The predicted octanol–water partition coefficient (Wildman–Crippen LogP) is 5.07. The number of carbonyl (C=O) groups is 5. The summed E-state index contributed by atoms with van der Waals surface area (Å²) in [6.45, 7) is 15.7. The maximum Gasteiger partial charge on any atom is 0.324 e. The highest BCUT2D eigenvalue weighted by Crippen LogP contribution is 2.42. The van der Waals surface area contributed by atoms with Crippen molar-refractivity contribution in [3.8, 4) is 22.5 Å². The zero-order valence-electron chi connectivity index (χ0n) is 40.0. The molecule has 0 aliphatic carbocycles. The van der Waals surface area contributed by atoms with Gasteiger partial charge in [0.2, 0.25) is 11.8 Å². The van der Waals surface area contributed by atoms with Crippen molar-refractivity contribution >= 4 is 52.0 Å². The van der Waals surface area contributed by atoms with Gasteiger partial charge in [-0.15, -0.1) is 11.3 Å². The third-order valence-corrected chi connectivity index (χ3v) is 14.5. The van der Waals surface area contributed by atoms with Crippen molar-refractivity contribution < 1.29 is 38.2 Å². The molecule has 3 saturated heterocycles. The Balaban J connectivity index is 1.11. The summed E-state index contributed by atoms with van der Waals surface area (Å²) in [5.41, 5.74) is 9.25. The minimum absolute atomic E-state index is 0.0103. The van der Waals surface area contributed by atoms with Crippen LogP contribution < -0.4 is 10.7 Å². The molecular formula is C49H65N9O8S. The van der Waals surface area contributed by atoms with Gasteiger partial charge in [-0.05, 0) is 68.9 Å². The van der Waals surface area contributed by atoms with Gasteiger partial charge in [-0.2, -0.15) is 0 Å². The fourth-order valence-electron chi connectivity index (χ4n) is 9.92. The van der Waals surface area contributed by atoms with Crippen LogP contribution in [0.2, 0.25) is 0 Å². The fraction of sp³-hybridized carbons (Fsp3) is 0.571. The Morgan fingerprint density at radius 3 is 2.55 bits per heavy atom. The van der Waals surface area contributed by atoms with E-state index in [0.717, 1.165) is 44.7 Å². The predicted molar refractivity (Wildman–Crippen MR) is 254 cm³/mol. The Hall–Kier alpha value is -5.43. The molecule has 0 radical (unpaired) electrons. The standard InChI is InChI=1S/C49H65N9O8S/c1-9-57-39-15-14-31-22-34(39)35(43(57)33-12-10-16-50-41(33)30(4)64-8)24-49(5,6)28-66-47(62)36-13-11-17-58(53-36)46(61)37(23-40-51-38(31)27-67-40)52-44(59)42(29(2)3)54(7)48(63)56-25-32(26-56)45(60)55-18-20-65-21-19-55/h10,12,14-16,22,27,29-30,32,36-37,42,53H,9,11,13,17-21,23-26,28H2,1-8H3,(H,52,59)/t30-,36-,37-,42-/m0/s1. The van der Waals surface area contributed by atoms with E-state index >= 15 is 0 Å². The van der Waals surface area contributed by atoms with Crippen LogP contribution >= 0.6 is 11.3 Å². The van der Waals surface area contributed by atoms with E-state index in [2.05, 4.69) is 60.3 Å². The minimum atomic E-state index is -1.09. The van der Waals surface area contributed by atoms with Crippen molar-refractivity contribution in [3.05, 3.63) is 58.2 Å². The molecule has 0 saturated carbocycles. The number of nitrogens with one attached hydrogen (secondary N) is 2. The molecule has 1 aromatic carbocycles. The van der Waals surface area contributed by atoms with E-state index in [1.54, 1.807) is 30.2 Å². The third-order valence-electron chi connectivity index (χ3n) is 13.6. The van der Waals surface area contributed by atoms with E-state index in [-0.39, 0.29) is 56.0 Å². The van der Waals surface area contributed by atoms with Gasteiger partial charge in [-0.25, -0.2) is 15.2 Å². The van der Waals surface area contributed by atoms with Crippen molar-refractivity contribution in [2.45, 2.75) is 98.0 Å². The van der Waals surface area contributed by atoms with Crippen LogP contribution in [-0.4, -0.2) is 149 Å². The molecule has 0 unspecified atom stereocenters. The number of likely N-dealkylation sites (N-methyl/N-ethyl adjacent to an activating group) is 1. The number of nitrogens with zero attached hydrogens (tertiary/aromatic N) is 7. The second-order valence-corrected chi connectivity index (χ2v) is 20.3. The number of ether oxygens (including phenoxy) is 3. The smallest absolute Gasteiger partial charge is 0.324 e. The van der Waals surface area contributed by atoms with Crippen molar-refractivity contribution in [2.24, 2.45) is 17.3 Å². The lowest BCUT2D eigenvalue weighted by molar-refractivity contribution is -0.155. The zero-order chi connectivity index (χ0) is 47.7. The number of thiazole rings is 1. The van der Waals surface area contributed by atoms with E-state index in [4.69, 9.17) is 24.2 Å². The first-order chi connectivity index (χ1) is 32.1. The van der Waals surface area contributed by atoms with Gasteiger partial charge >= 0.3 is 12.0 Å². The van der Waals surface area contributed by atoms with Crippen LogP contribution in [0.4, 0.5) is 4.79 Å². The first kappa shape index (κ1) is 48.0. The van der Waals surface area contributed by atoms with Gasteiger partial charge in [-0.1, -0.05) is 33.8 Å². The lowest BCUT2D eigenvalue weighted by Gasteiger charge is -2.44. The van der Waals surface area contributed by atoms with Gasteiger partial charge in [0, 0.05) is 98.9 Å². The molecule has 4 aromatic rings. The van der Waals surface area contributed by atoms with Crippen LogP contribution in [0.25, 0.3) is 33.4 Å². The van der Waals surface area contributed by atoms with Crippen LogP contribution in [-0.2, 0) is 52.8 Å². The van der Waals surface area contributed by atoms with E-state index in [0.29, 0.717) is 63.7 Å². The van der Waals surface area contributed by atoms with Gasteiger partial charge in [0.15, 0.2) is 0 Å². The Bertz CT molecular complexity index is 2490. The van der Waals surface area contributed by atoms with Gasteiger partial charge in [0.1, 0.15) is 18.1 Å². The number of aryl methyl sites for hydroxylation is 1. The molecule has 17 nitrogen and oxygen atoms in total. The molecule has 7 heterocycles. The van der Waals surface area contributed by atoms with Crippen molar-refractivity contribution in [1.29, 1.82) is 0 Å². The fourth-order valence-corrected chi connectivity index (χ4v) is 10.8. The van der Waals surface area contributed by atoms with Crippen LogP contribution in [0.15, 0.2) is 41.9 Å². The number of benzene rings is 1. The SMILES string of the molecule is CCn1c(-c2cccnc2[C@H](C)OC)c2c3cc(ccc31)-c1csc(n1)C[C@H](NC(=O)[C@H](C(C)C)N(C)C(=O)N1CC(C(=O)N3CCOCC3)C1)C(=O)N1CCC[C@H](N1)C(=O)OCC(C)(C)C2.